The zero-order valence-electron chi connectivity index (χ0n) is 16.0. The number of sulfonamides is 1. The first-order valence-corrected chi connectivity index (χ1v) is 10.2. The number of carbonyl (C=O) groups is 1. The molecule has 2 aromatic rings. The number of benzene rings is 2. The summed E-state index contributed by atoms with van der Waals surface area (Å²) in [5.74, 6) is -1.56. The molecule has 29 heavy (non-hydrogen) atoms. The molecule has 2 aromatic carbocycles. The minimum Gasteiger partial charge on any atom is -0.493 e. The number of hydrogen-bond donors (Lipinski definition) is 2. The second kappa shape index (κ2) is 10.2. The second-order valence-electron chi connectivity index (χ2n) is 6.01. The third kappa shape index (κ3) is 6.40. The van der Waals surface area contributed by atoms with E-state index in [9.17, 15) is 22.0 Å². The molecule has 0 radical (unpaired) electrons. The van der Waals surface area contributed by atoms with Crippen LogP contribution in [-0.2, 0) is 21.2 Å². The third-order valence-corrected chi connectivity index (χ3v) is 5.49. The van der Waals surface area contributed by atoms with Crippen LogP contribution in [0.1, 0.15) is 12.0 Å². The molecule has 0 aliphatic rings. The third-order valence-electron chi connectivity index (χ3n) is 4.03. The number of amides is 1. The van der Waals surface area contributed by atoms with Gasteiger partial charge in [0.2, 0.25) is 15.9 Å². The summed E-state index contributed by atoms with van der Waals surface area (Å²) in [6.45, 7) is 0.174. The van der Waals surface area contributed by atoms with Gasteiger partial charge in [0.1, 0.15) is 0 Å². The van der Waals surface area contributed by atoms with Gasteiger partial charge < -0.3 is 14.8 Å². The molecule has 0 fully saturated rings. The van der Waals surface area contributed by atoms with E-state index >= 15 is 0 Å². The Morgan fingerprint density at radius 3 is 2.34 bits per heavy atom. The molecular weight excluding hydrogens is 406 g/mol. The van der Waals surface area contributed by atoms with Crippen molar-refractivity contribution < 1.29 is 31.5 Å². The topological polar surface area (TPSA) is 93.7 Å². The van der Waals surface area contributed by atoms with E-state index in [2.05, 4.69) is 10.0 Å². The minimum absolute atomic E-state index is 0.102. The van der Waals surface area contributed by atoms with Crippen LogP contribution in [0.5, 0.6) is 11.5 Å². The summed E-state index contributed by atoms with van der Waals surface area (Å²) < 4.78 is 62.7. The molecule has 0 saturated heterocycles. The monoisotopic (exact) mass is 428 g/mol. The van der Waals surface area contributed by atoms with Gasteiger partial charge in [0.15, 0.2) is 23.1 Å². The van der Waals surface area contributed by atoms with Gasteiger partial charge in [-0.1, -0.05) is 6.07 Å². The highest BCUT2D eigenvalue weighted by Crippen LogP contribution is 2.27. The highest BCUT2D eigenvalue weighted by atomic mass is 32.2. The summed E-state index contributed by atoms with van der Waals surface area (Å²) in [5, 5.41) is 2.68. The number of methoxy groups -OCH3 is 2. The Labute approximate surface area is 168 Å². The molecule has 0 aromatic heterocycles. The van der Waals surface area contributed by atoms with Crippen LogP contribution in [0.2, 0.25) is 0 Å². The van der Waals surface area contributed by atoms with Gasteiger partial charge in [-0.2, -0.15) is 0 Å². The van der Waals surface area contributed by atoms with E-state index in [1.165, 1.54) is 7.11 Å². The van der Waals surface area contributed by atoms with Gasteiger partial charge in [0.25, 0.3) is 0 Å². The smallest absolute Gasteiger partial charge is 0.240 e. The molecule has 2 rings (SSSR count). The van der Waals surface area contributed by atoms with E-state index in [-0.39, 0.29) is 18.9 Å². The van der Waals surface area contributed by atoms with E-state index in [0.29, 0.717) is 30.5 Å². The summed E-state index contributed by atoms with van der Waals surface area (Å²) in [5.41, 5.74) is 0.932. The Bertz CT molecular complexity index is 967. The van der Waals surface area contributed by atoms with Gasteiger partial charge in [-0.3, -0.25) is 4.79 Å². The lowest BCUT2D eigenvalue weighted by Gasteiger charge is -2.10. The van der Waals surface area contributed by atoms with Gasteiger partial charge in [-0.15, -0.1) is 0 Å². The quantitative estimate of drug-likeness (QED) is 0.604. The molecule has 0 bridgehead atoms. The second-order valence-corrected chi connectivity index (χ2v) is 7.78. The van der Waals surface area contributed by atoms with E-state index in [1.54, 1.807) is 19.2 Å². The van der Waals surface area contributed by atoms with Crippen LogP contribution >= 0.6 is 0 Å². The Hall–Kier alpha value is -2.72. The molecule has 0 heterocycles. The van der Waals surface area contributed by atoms with E-state index in [1.807, 2.05) is 6.07 Å². The van der Waals surface area contributed by atoms with Gasteiger partial charge in [-0.25, -0.2) is 21.9 Å². The van der Waals surface area contributed by atoms with Crippen molar-refractivity contribution in [2.24, 2.45) is 0 Å². The van der Waals surface area contributed by atoms with Crippen LogP contribution in [0.15, 0.2) is 41.3 Å². The number of nitrogens with one attached hydrogen (secondary N) is 2. The van der Waals surface area contributed by atoms with Crippen molar-refractivity contribution in [3.05, 3.63) is 53.6 Å². The Morgan fingerprint density at radius 1 is 0.966 bits per heavy atom. The number of halogens is 2. The lowest BCUT2D eigenvalue weighted by molar-refractivity contribution is -0.120. The largest absolute Gasteiger partial charge is 0.493 e. The lowest BCUT2D eigenvalue weighted by atomic mass is 10.1. The van der Waals surface area contributed by atoms with Gasteiger partial charge in [0.05, 0.1) is 19.1 Å². The molecule has 0 atom stereocenters. The van der Waals surface area contributed by atoms with Crippen molar-refractivity contribution in [3.8, 4) is 11.5 Å². The minimum atomic E-state index is -4.04. The summed E-state index contributed by atoms with van der Waals surface area (Å²) in [4.78, 5) is 11.5. The molecule has 10 heteroatoms. The molecule has 0 unspecified atom stereocenters. The highest BCUT2D eigenvalue weighted by molar-refractivity contribution is 7.89. The first-order valence-electron chi connectivity index (χ1n) is 8.69. The fourth-order valence-corrected chi connectivity index (χ4v) is 3.54. The van der Waals surface area contributed by atoms with Crippen LogP contribution in [0.3, 0.4) is 0 Å². The van der Waals surface area contributed by atoms with Crippen molar-refractivity contribution in [2.45, 2.75) is 17.7 Å². The summed E-state index contributed by atoms with van der Waals surface area (Å²) in [6.07, 6.45) is 0.446. The van der Waals surface area contributed by atoms with Gasteiger partial charge >= 0.3 is 0 Å². The fraction of sp³-hybridized carbons (Fsp3) is 0.316. The average Bonchev–Trinajstić information content (AvgIpc) is 2.69. The fourth-order valence-electron chi connectivity index (χ4n) is 2.50. The molecule has 1 amide bonds. The van der Waals surface area contributed by atoms with E-state index in [0.717, 1.165) is 17.7 Å². The molecule has 7 nitrogen and oxygen atoms in total. The first-order chi connectivity index (χ1) is 13.8. The van der Waals surface area contributed by atoms with Crippen molar-refractivity contribution in [3.63, 3.8) is 0 Å². The van der Waals surface area contributed by atoms with Gasteiger partial charge in [-0.05, 0) is 42.3 Å². The van der Waals surface area contributed by atoms with Crippen LogP contribution in [0, 0.1) is 11.6 Å². The summed E-state index contributed by atoms with van der Waals surface area (Å²) in [6, 6.07) is 7.68. The number of carbonyl (C=O) groups excluding carboxylic acids is 1. The number of rotatable bonds is 10. The van der Waals surface area contributed by atoms with Gasteiger partial charge in [0, 0.05) is 19.5 Å². The summed E-state index contributed by atoms with van der Waals surface area (Å²) in [7, 11) is -0.963. The summed E-state index contributed by atoms with van der Waals surface area (Å²) >= 11 is 0. The normalized spacial score (nSPS) is 11.2. The maximum Gasteiger partial charge on any atom is 0.240 e. The van der Waals surface area contributed by atoms with E-state index in [4.69, 9.17) is 9.47 Å². The number of hydrogen-bond acceptors (Lipinski definition) is 5. The van der Waals surface area contributed by atoms with Crippen molar-refractivity contribution in [1.82, 2.24) is 10.0 Å². The predicted octanol–water partition coefficient (Wildman–Crippen LogP) is 2.01. The molecule has 158 valence electrons. The zero-order chi connectivity index (χ0) is 21.4. The Morgan fingerprint density at radius 2 is 1.69 bits per heavy atom. The van der Waals surface area contributed by atoms with E-state index < -0.39 is 26.6 Å². The molecule has 0 spiro atoms. The standard InChI is InChI=1S/C19H22F2N2O5S/c1-27-17-6-3-13(11-18(17)28-2)7-9-22-19(24)8-10-23-29(25,26)14-4-5-15(20)16(21)12-14/h3-6,11-12,23H,7-10H2,1-2H3,(H,22,24). The van der Waals surface area contributed by atoms with Crippen LogP contribution in [0.4, 0.5) is 8.78 Å². The maximum atomic E-state index is 13.2. The molecular formula is C19H22F2N2O5S. The molecule has 0 saturated carbocycles. The molecule has 2 N–H and O–H groups in total. The zero-order valence-corrected chi connectivity index (χ0v) is 16.8. The lowest BCUT2D eigenvalue weighted by Crippen LogP contribution is -2.31. The Kier molecular flexibility index (Phi) is 7.91. The SMILES string of the molecule is COc1ccc(CCNC(=O)CCNS(=O)(=O)c2ccc(F)c(F)c2)cc1OC. The van der Waals surface area contributed by atoms with Crippen molar-refractivity contribution in [1.29, 1.82) is 0 Å². The van der Waals surface area contributed by atoms with Crippen molar-refractivity contribution in [2.75, 3.05) is 27.3 Å². The molecule has 0 aliphatic carbocycles. The van der Waals surface area contributed by atoms with Crippen LogP contribution in [0.25, 0.3) is 0 Å². The molecule has 0 aliphatic heterocycles. The maximum absolute atomic E-state index is 13.2. The predicted molar refractivity (Wildman–Crippen MR) is 102 cm³/mol. The highest BCUT2D eigenvalue weighted by Gasteiger charge is 2.16. The van der Waals surface area contributed by atoms with Crippen LogP contribution in [-0.4, -0.2) is 41.6 Å². The number of ether oxygens (including phenoxy) is 2. The van der Waals surface area contributed by atoms with Crippen LogP contribution < -0.4 is 19.5 Å². The van der Waals surface area contributed by atoms with Crippen molar-refractivity contribution >= 4 is 15.9 Å². The average molecular weight is 428 g/mol. The first kappa shape index (κ1) is 22.6. The Balaban J connectivity index is 1.78.